The standard InChI is InChI=1S/C11H9NO3/c13-7-15-6-8-1-3-10-9(5-8)2-4-11(14)12-10/h1-5,7H,6H2,(H,12,14). The largest absolute Gasteiger partial charge is 0.463 e. The molecule has 0 radical (unpaired) electrons. The van der Waals surface area contributed by atoms with E-state index >= 15 is 0 Å². The molecule has 4 nitrogen and oxygen atoms in total. The monoisotopic (exact) mass is 203 g/mol. The SMILES string of the molecule is O=COCc1ccc2[nH]c(=O)ccc2c1. The van der Waals surface area contributed by atoms with Crippen LogP contribution in [0, 0.1) is 0 Å². The van der Waals surface area contributed by atoms with E-state index in [0.717, 1.165) is 16.5 Å². The second-order valence-electron chi connectivity index (χ2n) is 3.15. The lowest BCUT2D eigenvalue weighted by Crippen LogP contribution is -2.02. The minimum atomic E-state index is -0.126. The van der Waals surface area contributed by atoms with Crippen molar-refractivity contribution in [3.05, 3.63) is 46.2 Å². The van der Waals surface area contributed by atoms with E-state index in [1.54, 1.807) is 12.1 Å². The summed E-state index contributed by atoms with van der Waals surface area (Å²) in [4.78, 5) is 23.7. The maximum Gasteiger partial charge on any atom is 0.293 e. The van der Waals surface area contributed by atoms with E-state index in [0.29, 0.717) is 6.47 Å². The first-order valence-electron chi connectivity index (χ1n) is 4.47. The topological polar surface area (TPSA) is 59.2 Å². The zero-order chi connectivity index (χ0) is 10.7. The summed E-state index contributed by atoms with van der Waals surface area (Å²) in [5.41, 5.74) is 1.54. The van der Waals surface area contributed by atoms with Crippen molar-refractivity contribution in [3.8, 4) is 0 Å². The van der Waals surface area contributed by atoms with Gasteiger partial charge in [0.05, 0.1) is 0 Å². The molecule has 76 valence electrons. The number of carbonyl (C=O) groups is 1. The van der Waals surface area contributed by atoms with Crippen molar-refractivity contribution in [1.29, 1.82) is 0 Å². The van der Waals surface area contributed by atoms with Gasteiger partial charge in [-0.1, -0.05) is 6.07 Å². The zero-order valence-electron chi connectivity index (χ0n) is 7.90. The van der Waals surface area contributed by atoms with Gasteiger partial charge in [0.15, 0.2) is 0 Å². The Hall–Kier alpha value is -2.10. The summed E-state index contributed by atoms with van der Waals surface area (Å²) < 4.78 is 4.64. The molecule has 15 heavy (non-hydrogen) atoms. The van der Waals surface area contributed by atoms with Gasteiger partial charge >= 0.3 is 0 Å². The molecular formula is C11H9NO3. The fraction of sp³-hybridized carbons (Fsp3) is 0.0909. The molecule has 0 bridgehead atoms. The average molecular weight is 203 g/mol. The lowest BCUT2D eigenvalue weighted by molar-refractivity contribution is -0.129. The van der Waals surface area contributed by atoms with Gasteiger partial charge in [-0.25, -0.2) is 0 Å². The highest BCUT2D eigenvalue weighted by molar-refractivity contribution is 5.78. The van der Waals surface area contributed by atoms with Gasteiger partial charge in [0, 0.05) is 11.6 Å². The molecule has 1 aromatic carbocycles. The number of aromatic nitrogens is 1. The van der Waals surface area contributed by atoms with Gasteiger partial charge in [0.1, 0.15) is 6.61 Å². The van der Waals surface area contributed by atoms with Crippen LogP contribution >= 0.6 is 0 Å². The van der Waals surface area contributed by atoms with Crippen molar-refractivity contribution in [2.45, 2.75) is 6.61 Å². The number of fused-ring (bicyclic) bond motifs is 1. The minimum absolute atomic E-state index is 0.126. The lowest BCUT2D eigenvalue weighted by Gasteiger charge is -2.01. The highest BCUT2D eigenvalue weighted by atomic mass is 16.5. The van der Waals surface area contributed by atoms with E-state index in [4.69, 9.17) is 0 Å². The Labute approximate surface area is 85.5 Å². The summed E-state index contributed by atoms with van der Waals surface area (Å²) in [6, 6.07) is 8.67. The Balaban J connectivity index is 2.43. The molecule has 0 saturated carbocycles. The van der Waals surface area contributed by atoms with Crippen molar-refractivity contribution < 1.29 is 9.53 Å². The third-order valence-corrected chi connectivity index (χ3v) is 2.11. The van der Waals surface area contributed by atoms with Crippen molar-refractivity contribution in [3.63, 3.8) is 0 Å². The van der Waals surface area contributed by atoms with Crippen LogP contribution in [0.15, 0.2) is 35.1 Å². The first-order chi connectivity index (χ1) is 7.29. The fourth-order valence-electron chi connectivity index (χ4n) is 1.42. The lowest BCUT2D eigenvalue weighted by atomic mass is 10.1. The van der Waals surface area contributed by atoms with Gasteiger partial charge in [0.2, 0.25) is 5.56 Å². The van der Waals surface area contributed by atoms with E-state index in [9.17, 15) is 9.59 Å². The highest BCUT2D eigenvalue weighted by Crippen LogP contribution is 2.12. The molecule has 0 aliphatic heterocycles. The predicted octanol–water partition coefficient (Wildman–Crippen LogP) is 1.20. The number of rotatable bonds is 3. The van der Waals surface area contributed by atoms with Crippen LogP contribution in [-0.2, 0) is 16.1 Å². The van der Waals surface area contributed by atoms with Gasteiger partial charge < -0.3 is 9.72 Å². The molecule has 0 amide bonds. The maximum atomic E-state index is 11.0. The number of nitrogens with one attached hydrogen (secondary N) is 1. The third-order valence-electron chi connectivity index (χ3n) is 2.11. The van der Waals surface area contributed by atoms with Crippen molar-refractivity contribution in [2.24, 2.45) is 0 Å². The summed E-state index contributed by atoms with van der Waals surface area (Å²) in [6.45, 7) is 0.662. The molecule has 2 rings (SSSR count). The number of benzene rings is 1. The molecule has 0 unspecified atom stereocenters. The van der Waals surface area contributed by atoms with Crippen LogP contribution in [0.1, 0.15) is 5.56 Å². The van der Waals surface area contributed by atoms with Crippen molar-refractivity contribution in [1.82, 2.24) is 4.98 Å². The van der Waals surface area contributed by atoms with Crippen LogP contribution in [0.25, 0.3) is 10.9 Å². The van der Waals surface area contributed by atoms with Crippen LogP contribution in [0.2, 0.25) is 0 Å². The van der Waals surface area contributed by atoms with E-state index in [-0.39, 0.29) is 12.2 Å². The van der Waals surface area contributed by atoms with Gasteiger partial charge in [-0.05, 0) is 29.1 Å². The van der Waals surface area contributed by atoms with E-state index in [2.05, 4.69) is 9.72 Å². The zero-order valence-corrected chi connectivity index (χ0v) is 7.90. The molecule has 1 heterocycles. The molecule has 0 aliphatic rings. The molecule has 0 atom stereocenters. The number of carbonyl (C=O) groups excluding carboxylic acids is 1. The Bertz CT molecular complexity index is 545. The van der Waals surface area contributed by atoms with Crippen molar-refractivity contribution >= 4 is 17.4 Å². The second kappa shape index (κ2) is 3.96. The van der Waals surface area contributed by atoms with Gasteiger partial charge in [-0.3, -0.25) is 9.59 Å². The van der Waals surface area contributed by atoms with Crippen LogP contribution in [0.5, 0.6) is 0 Å². The Morgan fingerprint density at radius 3 is 2.93 bits per heavy atom. The van der Waals surface area contributed by atoms with E-state index in [1.807, 2.05) is 12.1 Å². The van der Waals surface area contributed by atoms with Crippen molar-refractivity contribution in [2.75, 3.05) is 0 Å². The Morgan fingerprint density at radius 1 is 1.27 bits per heavy atom. The summed E-state index contributed by atoms with van der Waals surface area (Å²) in [6.07, 6.45) is 0. The molecule has 0 fully saturated rings. The number of H-pyrrole nitrogens is 1. The van der Waals surface area contributed by atoms with Crippen LogP contribution in [0.3, 0.4) is 0 Å². The van der Waals surface area contributed by atoms with Gasteiger partial charge in [-0.2, -0.15) is 0 Å². The van der Waals surface area contributed by atoms with E-state index < -0.39 is 0 Å². The number of pyridine rings is 1. The Morgan fingerprint density at radius 2 is 2.13 bits per heavy atom. The first-order valence-corrected chi connectivity index (χ1v) is 4.47. The Kier molecular flexibility index (Phi) is 2.49. The summed E-state index contributed by atoms with van der Waals surface area (Å²) in [5, 5.41) is 0.918. The maximum absolute atomic E-state index is 11.0. The third kappa shape index (κ3) is 2.04. The number of hydrogen-bond donors (Lipinski definition) is 1. The molecule has 0 aliphatic carbocycles. The summed E-state index contributed by atoms with van der Waals surface area (Å²) in [7, 11) is 0. The number of hydrogen-bond acceptors (Lipinski definition) is 3. The normalized spacial score (nSPS) is 10.1. The molecule has 4 heteroatoms. The molecule has 0 spiro atoms. The fourth-order valence-corrected chi connectivity index (χ4v) is 1.42. The highest BCUT2D eigenvalue weighted by Gasteiger charge is 1.97. The molecule has 0 saturated heterocycles. The molecule has 1 N–H and O–H groups in total. The van der Waals surface area contributed by atoms with Crippen LogP contribution in [-0.4, -0.2) is 11.5 Å². The summed E-state index contributed by atoms with van der Waals surface area (Å²) >= 11 is 0. The second-order valence-corrected chi connectivity index (χ2v) is 3.15. The van der Waals surface area contributed by atoms with Crippen LogP contribution < -0.4 is 5.56 Å². The average Bonchev–Trinajstić information content (AvgIpc) is 2.26. The predicted molar refractivity (Wildman–Crippen MR) is 55.4 cm³/mol. The smallest absolute Gasteiger partial charge is 0.293 e. The molecular weight excluding hydrogens is 194 g/mol. The first kappa shape index (κ1) is 9.45. The molecule has 1 aromatic heterocycles. The van der Waals surface area contributed by atoms with Crippen LogP contribution in [0.4, 0.5) is 0 Å². The summed E-state index contributed by atoms with van der Waals surface area (Å²) in [5.74, 6) is 0. The van der Waals surface area contributed by atoms with E-state index in [1.165, 1.54) is 6.07 Å². The molecule has 2 aromatic rings. The quantitative estimate of drug-likeness (QED) is 0.762. The van der Waals surface area contributed by atoms with Gasteiger partial charge in [0.25, 0.3) is 6.47 Å². The number of ether oxygens (including phenoxy) is 1. The number of aromatic amines is 1. The minimum Gasteiger partial charge on any atom is -0.463 e. The van der Waals surface area contributed by atoms with Gasteiger partial charge in [-0.15, -0.1) is 0 Å².